The lowest BCUT2D eigenvalue weighted by Gasteiger charge is -2.16. The van der Waals surface area contributed by atoms with Crippen LogP contribution in [0.5, 0.6) is 0 Å². The second-order valence-corrected chi connectivity index (χ2v) is 6.05. The molecule has 0 aliphatic heterocycles. The smallest absolute Gasteiger partial charge is 0.280 e. The maximum atomic E-state index is 12.7. The molecule has 0 amide bonds. The molecular weight excluding hydrogens is 274 g/mol. The van der Waals surface area contributed by atoms with Crippen molar-refractivity contribution in [3.05, 3.63) is 51.9 Å². The van der Waals surface area contributed by atoms with E-state index >= 15 is 0 Å². The van der Waals surface area contributed by atoms with Crippen molar-refractivity contribution in [1.82, 2.24) is 9.36 Å². The molecule has 1 aliphatic rings. The van der Waals surface area contributed by atoms with Gasteiger partial charge in [-0.1, -0.05) is 37.5 Å². The molecule has 0 radical (unpaired) electrons. The van der Waals surface area contributed by atoms with E-state index < -0.39 is 0 Å². The third-order valence-electron chi connectivity index (χ3n) is 4.59. The fraction of sp³-hybridized carbons (Fsp3) is 0.444. The van der Waals surface area contributed by atoms with E-state index in [0.29, 0.717) is 11.6 Å². The SMILES string of the molecule is Cc1c(C=NC2CCCCC2)c(=O)n(-c2ccccc2)n1C. The quantitative estimate of drug-likeness (QED) is 0.802. The largest absolute Gasteiger partial charge is 0.289 e. The summed E-state index contributed by atoms with van der Waals surface area (Å²) in [6.45, 7) is 1.98. The lowest BCUT2D eigenvalue weighted by atomic mass is 9.96. The van der Waals surface area contributed by atoms with Gasteiger partial charge in [-0.25, -0.2) is 4.68 Å². The molecule has 4 nitrogen and oxygen atoms in total. The van der Waals surface area contributed by atoms with E-state index in [0.717, 1.165) is 24.2 Å². The monoisotopic (exact) mass is 297 g/mol. The summed E-state index contributed by atoms with van der Waals surface area (Å²) in [5.74, 6) is 0. The third-order valence-corrected chi connectivity index (χ3v) is 4.59. The number of nitrogens with zero attached hydrogens (tertiary/aromatic N) is 3. The summed E-state index contributed by atoms with van der Waals surface area (Å²) in [4.78, 5) is 17.4. The topological polar surface area (TPSA) is 39.3 Å². The zero-order valence-corrected chi connectivity index (χ0v) is 13.3. The van der Waals surface area contributed by atoms with Crippen molar-refractivity contribution in [1.29, 1.82) is 0 Å². The number of hydrogen-bond donors (Lipinski definition) is 0. The van der Waals surface area contributed by atoms with Crippen LogP contribution in [0.1, 0.15) is 43.4 Å². The Morgan fingerprint density at radius 3 is 2.50 bits per heavy atom. The second-order valence-electron chi connectivity index (χ2n) is 6.05. The van der Waals surface area contributed by atoms with Gasteiger partial charge in [0, 0.05) is 25.0 Å². The number of aromatic nitrogens is 2. The molecule has 0 atom stereocenters. The zero-order valence-electron chi connectivity index (χ0n) is 13.3. The van der Waals surface area contributed by atoms with Crippen molar-refractivity contribution < 1.29 is 0 Å². The summed E-state index contributed by atoms with van der Waals surface area (Å²) >= 11 is 0. The van der Waals surface area contributed by atoms with Crippen LogP contribution in [0.2, 0.25) is 0 Å². The molecule has 1 aromatic heterocycles. The molecule has 4 heteroatoms. The van der Waals surface area contributed by atoms with Crippen LogP contribution in [-0.2, 0) is 7.05 Å². The molecule has 1 aromatic carbocycles. The highest BCUT2D eigenvalue weighted by Gasteiger charge is 2.16. The molecule has 3 rings (SSSR count). The summed E-state index contributed by atoms with van der Waals surface area (Å²) < 4.78 is 3.61. The number of benzene rings is 1. The van der Waals surface area contributed by atoms with Gasteiger partial charge in [-0.3, -0.25) is 14.5 Å². The molecule has 0 unspecified atom stereocenters. The van der Waals surface area contributed by atoms with E-state index in [4.69, 9.17) is 0 Å². The molecule has 1 aliphatic carbocycles. The van der Waals surface area contributed by atoms with E-state index in [1.165, 1.54) is 19.3 Å². The highest BCUT2D eigenvalue weighted by atomic mass is 16.1. The average Bonchev–Trinajstić information content (AvgIpc) is 2.77. The first-order valence-electron chi connectivity index (χ1n) is 8.05. The number of rotatable bonds is 3. The first-order chi connectivity index (χ1) is 10.7. The number of aliphatic imine (C=N–C) groups is 1. The van der Waals surface area contributed by atoms with Crippen molar-refractivity contribution in [3.63, 3.8) is 0 Å². The van der Waals surface area contributed by atoms with Crippen molar-refractivity contribution in [2.75, 3.05) is 0 Å². The average molecular weight is 297 g/mol. The number of hydrogen-bond acceptors (Lipinski definition) is 2. The van der Waals surface area contributed by atoms with Crippen LogP contribution in [0, 0.1) is 6.92 Å². The van der Waals surface area contributed by atoms with Gasteiger partial charge in [0.2, 0.25) is 0 Å². The zero-order chi connectivity index (χ0) is 15.5. The maximum absolute atomic E-state index is 12.7. The number of para-hydroxylation sites is 1. The molecule has 2 aromatic rings. The minimum atomic E-state index is 0.00533. The Hall–Kier alpha value is -2.10. The van der Waals surface area contributed by atoms with Crippen molar-refractivity contribution in [2.45, 2.75) is 45.1 Å². The predicted octanol–water partition coefficient (Wildman–Crippen LogP) is 3.24. The Morgan fingerprint density at radius 2 is 1.82 bits per heavy atom. The Morgan fingerprint density at radius 1 is 1.14 bits per heavy atom. The Labute approximate surface area is 131 Å². The van der Waals surface area contributed by atoms with E-state index in [9.17, 15) is 4.79 Å². The van der Waals surface area contributed by atoms with Crippen LogP contribution in [-0.4, -0.2) is 21.6 Å². The molecule has 1 saturated carbocycles. The van der Waals surface area contributed by atoms with Crippen molar-refractivity contribution >= 4 is 6.21 Å². The third kappa shape index (κ3) is 2.78. The fourth-order valence-corrected chi connectivity index (χ4v) is 3.15. The van der Waals surface area contributed by atoms with Crippen LogP contribution in [0.3, 0.4) is 0 Å². The molecule has 0 N–H and O–H groups in total. The Balaban J connectivity index is 1.96. The summed E-state index contributed by atoms with van der Waals surface area (Å²) in [6, 6.07) is 10.1. The Bertz CT molecular complexity index is 719. The predicted molar refractivity (Wildman–Crippen MR) is 90.2 cm³/mol. The molecule has 0 bridgehead atoms. The molecular formula is C18H23N3O. The van der Waals surface area contributed by atoms with E-state index in [2.05, 4.69) is 4.99 Å². The summed E-state index contributed by atoms with van der Waals surface area (Å²) in [6.07, 6.45) is 7.92. The minimum Gasteiger partial charge on any atom is -0.289 e. The normalized spacial score (nSPS) is 16.5. The standard InChI is InChI=1S/C18H23N3O/c1-14-17(13-19-15-9-5-3-6-10-15)18(22)21(20(14)2)16-11-7-4-8-12-16/h4,7-8,11-13,15H,3,5-6,9-10H2,1-2H3. The van der Waals surface area contributed by atoms with Crippen molar-refractivity contribution in [3.8, 4) is 5.69 Å². The molecule has 22 heavy (non-hydrogen) atoms. The second kappa shape index (κ2) is 6.34. The highest BCUT2D eigenvalue weighted by Crippen LogP contribution is 2.20. The van der Waals surface area contributed by atoms with E-state index in [-0.39, 0.29) is 5.56 Å². The maximum Gasteiger partial charge on any atom is 0.280 e. The molecule has 1 fully saturated rings. The van der Waals surface area contributed by atoms with Gasteiger partial charge in [0.05, 0.1) is 11.3 Å². The van der Waals surface area contributed by atoms with Gasteiger partial charge in [-0.2, -0.15) is 0 Å². The molecule has 116 valence electrons. The van der Waals surface area contributed by atoms with Gasteiger partial charge in [-0.15, -0.1) is 0 Å². The van der Waals surface area contributed by atoms with Gasteiger partial charge in [0.1, 0.15) is 0 Å². The molecule has 0 saturated heterocycles. The van der Waals surface area contributed by atoms with Crippen molar-refractivity contribution in [2.24, 2.45) is 12.0 Å². The van der Waals surface area contributed by atoms with Crippen LogP contribution < -0.4 is 5.56 Å². The van der Waals surface area contributed by atoms with Gasteiger partial charge in [0.25, 0.3) is 5.56 Å². The minimum absolute atomic E-state index is 0.00533. The van der Waals surface area contributed by atoms with E-state index in [1.807, 2.05) is 49.0 Å². The molecule has 0 spiro atoms. The fourth-order valence-electron chi connectivity index (χ4n) is 3.15. The van der Waals surface area contributed by atoms with Gasteiger partial charge < -0.3 is 0 Å². The van der Waals surface area contributed by atoms with Gasteiger partial charge in [-0.05, 0) is 31.9 Å². The lowest BCUT2D eigenvalue weighted by Crippen LogP contribution is -2.21. The summed E-state index contributed by atoms with van der Waals surface area (Å²) in [7, 11) is 1.92. The first-order valence-corrected chi connectivity index (χ1v) is 8.05. The van der Waals surface area contributed by atoms with Crippen LogP contribution in [0.15, 0.2) is 40.1 Å². The summed E-state index contributed by atoms with van der Waals surface area (Å²) in [5.41, 5.74) is 2.55. The molecule has 1 heterocycles. The lowest BCUT2D eigenvalue weighted by molar-refractivity contribution is 0.444. The van der Waals surface area contributed by atoms with Crippen LogP contribution in [0.25, 0.3) is 5.69 Å². The van der Waals surface area contributed by atoms with Crippen LogP contribution >= 0.6 is 0 Å². The van der Waals surface area contributed by atoms with E-state index in [1.54, 1.807) is 10.9 Å². The summed E-state index contributed by atoms with van der Waals surface area (Å²) in [5, 5.41) is 0. The first kappa shape index (κ1) is 14.8. The van der Waals surface area contributed by atoms with Crippen LogP contribution in [0.4, 0.5) is 0 Å². The van der Waals surface area contributed by atoms with Gasteiger partial charge >= 0.3 is 0 Å². The highest BCUT2D eigenvalue weighted by molar-refractivity contribution is 5.81. The Kier molecular flexibility index (Phi) is 4.27. The van der Waals surface area contributed by atoms with Gasteiger partial charge in [0.15, 0.2) is 0 Å².